The van der Waals surface area contributed by atoms with E-state index in [1.807, 2.05) is 38.2 Å². The summed E-state index contributed by atoms with van der Waals surface area (Å²) < 4.78 is 0. The van der Waals surface area contributed by atoms with E-state index < -0.39 is 0 Å². The summed E-state index contributed by atoms with van der Waals surface area (Å²) in [6.07, 6.45) is 1.94. The van der Waals surface area contributed by atoms with Gasteiger partial charge >= 0.3 is 0 Å². The summed E-state index contributed by atoms with van der Waals surface area (Å²) in [4.78, 5) is 13.9. The Morgan fingerprint density at radius 3 is 2.85 bits per heavy atom. The van der Waals surface area contributed by atoms with Crippen LogP contribution in [0.5, 0.6) is 0 Å². The SMILES string of the molecule is CCCC(C)C(=O)N(C)Cc1cccc(C#CCO)c1. The predicted molar refractivity (Wildman–Crippen MR) is 81.0 cm³/mol. The van der Waals surface area contributed by atoms with Gasteiger partial charge in [-0.25, -0.2) is 0 Å². The number of aliphatic hydroxyl groups excluding tert-OH is 1. The molecule has 0 spiro atoms. The van der Waals surface area contributed by atoms with Crippen LogP contribution in [0.4, 0.5) is 0 Å². The van der Waals surface area contributed by atoms with Crippen molar-refractivity contribution in [3.63, 3.8) is 0 Å². The van der Waals surface area contributed by atoms with E-state index in [-0.39, 0.29) is 18.4 Å². The Morgan fingerprint density at radius 2 is 2.20 bits per heavy atom. The van der Waals surface area contributed by atoms with Crippen LogP contribution >= 0.6 is 0 Å². The number of hydrogen-bond donors (Lipinski definition) is 1. The predicted octanol–water partition coefficient (Wildman–Crippen LogP) is 2.43. The smallest absolute Gasteiger partial charge is 0.225 e. The lowest BCUT2D eigenvalue weighted by Gasteiger charge is -2.21. The molecule has 0 radical (unpaired) electrons. The molecule has 1 unspecified atom stereocenters. The summed E-state index contributed by atoms with van der Waals surface area (Å²) >= 11 is 0. The molecule has 1 amide bonds. The maximum atomic E-state index is 12.2. The number of hydrogen-bond acceptors (Lipinski definition) is 2. The van der Waals surface area contributed by atoms with E-state index in [4.69, 9.17) is 5.11 Å². The number of aliphatic hydroxyl groups is 1. The molecule has 1 N–H and O–H groups in total. The quantitative estimate of drug-likeness (QED) is 0.837. The second-order valence-corrected chi connectivity index (χ2v) is 5.04. The first kappa shape index (κ1) is 16.3. The van der Waals surface area contributed by atoms with Crippen LogP contribution in [0.3, 0.4) is 0 Å². The van der Waals surface area contributed by atoms with Gasteiger partial charge in [0, 0.05) is 25.1 Å². The molecule has 20 heavy (non-hydrogen) atoms. The Kier molecular flexibility index (Phi) is 6.83. The highest BCUT2D eigenvalue weighted by molar-refractivity contribution is 5.78. The largest absolute Gasteiger partial charge is 0.384 e. The van der Waals surface area contributed by atoms with E-state index >= 15 is 0 Å². The van der Waals surface area contributed by atoms with Crippen molar-refractivity contribution in [1.29, 1.82) is 0 Å². The van der Waals surface area contributed by atoms with Crippen LogP contribution in [-0.4, -0.2) is 29.6 Å². The molecule has 0 bridgehead atoms. The van der Waals surface area contributed by atoms with Crippen molar-refractivity contribution in [2.45, 2.75) is 33.2 Å². The number of carbonyl (C=O) groups is 1. The number of rotatable bonds is 5. The highest BCUT2D eigenvalue weighted by Crippen LogP contribution is 2.12. The summed E-state index contributed by atoms with van der Waals surface area (Å²) in [5.41, 5.74) is 1.91. The highest BCUT2D eigenvalue weighted by atomic mass is 16.2. The molecule has 108 valence electrons. The van der Waals surface area contributed by atoms with Gasteiger partial charge in [-0.2, -0.15) is 0 Å². The van der Waals surface area contributed by atoms with Crippen LogP contribution in [-0.2, 0) is 11.3 Å². The van der Waals surface area contributed by atoms with Crippen molar-refractivity contribution in [3.8, 4) is 11.8 Å². The van der Waals surface area contributed by atoms with E-state index in [0.717, 1.165) is 24.0 Å². The van der Waals surface area contributed by atoms with Gasteiger partial charge in [-0.1, -0.05) is 44.2 Å². The molecule has 3 heteroatoms. The third-order valence-electron chi connectivity index (χ3n) is 3.18. The second kappa shape index (κ2) is 8.39. The second-order valence-electron chi connectivity index (χ2n) is 5.04. The first-order valence-electron chi connectivity index (χ1n) is 7.02. The van der Waals surface area contributed by atoms with Crippen molar-refractivity contribution in [1.82, 2.24) is 4.90 Å². The van der Waals surface area contributed by atoms with Crippen molar-refractivity contribution in [3.05, 3.63) is 35.4 Å². The number of carbonyl (C=O) groups excluding carboxylic acids is 1. The number of benzene rings is 1. The van der Waals surface area contributed by atoms with Gasteiger partial charge in [0.05, 0.1) is 0 Å². The van der Waals surface area contributed by atoms with Crippen LogP contribution in [0, 0.1) is 17.8 Å². The molecule has 0 aromatic heterocycles. The van der Waals surface area contributed by atoms with Crippen molar-refractivity contribution >= 4 is 5.91 Å². The van der Waals surface area contributed by atoms with E-state index in [0.29, 0.717) is 6.54 Å². The van der Waals surface area contributed by atoms with Gasteiger partial charge in [0.2, 0.25) is 5.91 Å². The lowest BCUT2D eigenvalue weighted by Crippen LogP contribution is -2.31. The Bertz CT molecular complexity index is 499. The summed E-state index contributed by atoms with van der Waals surface area (Å²) in [5, 5.41) is 8.70. The zero-order chi connectivity index (χ0) is 15.0. The van der Waals surface area contributed by atoms with Crippen molar-refractivity contribution in [2.24, 2.45) is 5.92 Å². The maximum Gasteiger partial charge on any atom is 0.225 e. The van der Waals surface area contributed by atoms with E-state index in [2.05, 4.69) is 18.8 Å². The van der Waals surface area contributed by atoms with Crippen molar-refractivity contribution < 1.29 is 9.90 Å². The third kappa shape index (κ3) is 5.07. The summed E-state index contributed by atoms with van der Waals surface area (Å²) in [6, 6.07) is 7.76. The Hall–Kier alpha value is -1.79. The lowest BCUT2D eigenvalue weighted by molar-refractivity contribution is -0.134. The molecule has 3 nitrogen and oxygen atoms in total. The lowest BCUT2D eigenvalue weighted by atomic mass is 10.0. The van der Waals surface area contributed by atoms with Gasteiger partial charge in [0.25, 0.3) is 0 Å². The molecule has 1 aromatic carbocycles. The molecule has 1 aromatic rings. The van der Waals surface area contributed by atoms with Gasteiger partial charge in [-0.15, -0.1) is 0 Å². The molecule has 0 heterocycles. The molecule has 0 aliphatic heterocycles. The van der Waals surface area contributed by atoms with Gasteiger partial charge in [-0.05, 0) is 24.1 Å². The first-order chi connectivity index (χ1) is 9.58. The van der Waals surface area contributed by atoms with E-state index in [1.54, 1.807) is 4.90 Å². The first-order valence-corrected chi connectivity index (χ1v) is 7.02. The van der Waals surface area contributed by atoms with E-state index in [9.17, 15) is 4.79 Å². The van der Waals surface area contributed by atoms with Crippen LogP contribution in [0.1, 0.15) is 37.8 Å². The topological polar surface area (TPSA) is 40.5 Å². The monoisotopic (exact) mass is 273 g/mol. The van der Waals surface area contributed by atoms with Gasteiger partial charge in [-0.3, -0.25) is 4.79 Å². The fraction of sp³-hybridized carbons (Fsp3) is 0.471. The Labute approximate surface area is 121 Å². The van der Waals surface area contributed by atoms with Gasteiger partial charge in [0.1, 0.15) is 6.61 Å². The number of amides is 1. The molecule has 0 fully saturated rings. The summed E-state index contributed by atoms with van der Waals surface area (Å²) in [7, 11) is 1.83. The van der Waals surface area contributed by atoms with Gasteiger partial charge < -0.3 is 10.0 Å². The molecular formula is C17H23NO2. The summed E-state index contributed by atoms with van der Waals surface area (Å²) in [5.74, 6) is 5.76. The van der Waals surface area contributed by atoms with E-state index in [1.165, 1.54) is 0 Å². The number of nitrogens with zero attached hydrogens (tertiary/aromatic N) is 1. The van der Waals surface area contributed by atoms with Gasteiger partial charge in [0.15, 0.2) is 0 Å². The normalized spacial score (nSPS) is 11.4. The molecule has 0 aliphatic carbocycles. The minimum Gasteiger partial charge on any atom is -0.384 e. The Balaban J connectivity index is 2.70. The minimum absolute atomic E-state index is 0.0716. The standard InChI is InChI=1S/C17H23NO2/c1-4-7-14(2)17(20)18(3)13-16-9-5-8-15(12-16)10-6-11-19/h5,8-9,12,14,19H,4,7,11,13H2,1-3H3. The fourth-order valence-corrected chi connectivity index (χ4v) is 2.17. The zero-order valence-electron chi connectivity index (χ0n) is 12.5. The average molecular weight is 273 g/mol. The molecule has 1 atom stereocenters. The van der Waals surface area contributed by atoms with Crippen molar-refractivity contribution in [2.75, 3.05) is 13.7 Å². The average Bonchev–Trinajstić information content (AvgIpc) is 2.44. The molecule has 0 aliphatic rings. The fourth-order valence-electron chi connectivity index (χ4n) is 2.17. The van der Waals surface area contributed by atoms with Crippen LogP contribution < -0.4 is 0 Å². The van der Waals surface area contributed by atoms with Crippen LogP contribution in [0.15, 0.2) is 24.3 Å². The molecule has 1 rings (SSSR count). The third-order valence-corrected chi connectivity index (χ3v) is 3.18. The molecular weight excluding hydrogens is 250 g/mol. The summed E-state index contributed by atoms with van der Waals surface area (Å²) in [6.45, 7) is 4.51. The Morgan fingerprint density at radius 1 is 1.45 bits per heavy atom. The maximum absolute atomic E-state index is 12.2. The molecule has 0 saturated carbocycles. The molecule has 0 saturated heterocycles. The zero-order valence-corrected chi connectivity index (χ0v) is 12.5. The minimum atomic E-state index is -0.142. The van der Waals surface area contributed by atoms with Crippen LogP contribution in [0.25, 0.3) is 0 Å². The van der Waals surface area contributed by atoms with Crippen LogP contribution in [0.2, 0.25) is 0 Å². The highest BCUT2D eigenvalue weighted by Gasteiger charge is 2.16.